The molecule has 1 aliphatic heterocycles. The first-order valence-electron chi connectivity index (χ1n) is 10.5. The van der Waals surface area contributed by atoms with Crippen LogP contribution in [0.3, 0.4) is 0 Å². The van der Waals surface area contributed by atoms with Gasteiger partial charge in [-0.3, -0.25) is 9.69 Å². The van der Waals surface area contributed by atoms with E-state index in [4.69, 9.17) is 4.74 Å². The zero-order valence-electron chi connectivity index (χ0n) is 19.2. The van der Waals surface area contributed by atoms with Crippen molar-refractivity contribution in [1.82, 2.24) is 9.47 Å². The van der Waals surface area contributed by atoms with E-state index in [1.54, 1.807) is 36.2 Å². The summed E-state index contributed by atoms with van der Waals surface area (Å²) in [5.74, 6) is -0.490. The van der Waals surface area contributed by atoms with Crippen LogP contribution in [0.4, 0.5) is 5.69 Å². The minimum atomic E-state index is -0.398. The summed E-state index contributed by atoms with van der Waals surface area (Å²) >= 11 is 1.34. The van der Waals surface area contributed by atoms with Gasteiger partial charge in [-0.25, -0.2) is 9.79 Å². The molecule has 1 amide bonds. The molecule has 0 radical (unpaired) electrons. The SMILES string of the molecule is COC(=O)c1ccc(N=C2SC(=Cc3cc(C)n(-c4cccc(C)c4)c3C)C(=O)N2C)cc1. The van der Waals surface area contributed by atoms with Crippen LogP contribution in [0.5, 0.6) is 0 Å². The maximum Gasteiger partial charge on any atom is 0.337 e. The van der Waals surface area contributed by atoms with Crippen LogP contribution in [0.25, 0.3) is 11.8 Å². The number of aromatic nitrogens is 1. The third kappa shape index (κ3) is 4.50. The summed E-state index contributed by atoms with van der Waals surface area (Å²) in [6, 6.07) is 17.2. The van der Waals surface area contributed by atoms with Crippen molar-refractivity contribution in [1.29, 1.82) is 0 Å². The van der Waals surface area contributed by atoms with Crippen molar-refractivity contribution in [2.45, 2.75) is 20.8 Å². The summed E-state index contributed by atoms with van der Waals surface area (Å²) in [7, 11) is 3.06. The second-order valence-electron chi connectivity index (χ2n) is 7.91. The zero-order valence-corrected chi connectivity index (χ0v) is 20.1. The minimum absolute atomic E-state index is 0.0923. The van der Waals surface area contributed by atoms with E-state index in [9.17, 15) is 9.59 Å². The Kier molecular flexibility index (Phi) is 6.24. The number of amides is 1. The lowest BCUT2D eigenvalue weighted by molar-refractivity contribution is -0.121. The molecule has 0 atom stereocenters. The number of methoxy groups -OCH3 is 1. The van der Waals surface area contributed by atoms with Gasteiger partial charge in [-0.15, -0.1) is 0 Å². The molecule has 0 saturated carbocycles. The Labute approximate surface area is 197 Å². The van der Waals surface area contributed by atoms with E-state index in [1.165, 1.54) is 24.4 Å². The molecule has 2 aromatic carbocycles. The number of carbonyl (C=O) groups is 2. The Bertz CT molecular complexity index is 1300. The fourth-order valence-electron chi connectivity index (χ4n) is 3.79. The molecule has 2 heterocycles. The quantitative estimate of drug-likeness (QED) is 0.386. The highest BCUT2D eigenvalue weighted by Crippen LogP contribution is 2.34. The van der Waals surface area contributed by atoms with Gasteiger partial charge in [-0.05, 0) is 92.2 Å². The average Bonchev–Trinajstić information content (AvgIpc) is 3.23. The summed E-state index contributed by atoms with van der Waals surface area (Å²) in [6.07, 6.45) is 1.93. The van der Waals surface area contributed by atoms with Gasteiger partial charge in [-0.1, -0.05) is 12.1 Å². The summed E-state index contributed by atoms with van der Waals surface area (Å²) in [4.78, 5) is 31.3. The number of likely N-dealkylation sites (N-methyl/N-ethyl adjacent to an activating group) is 1. The number of rotatable bonds is 4. The summed E-state index contributed by atoms with van der Waals surface area (Å²) in [5, 5.41) is 0.588. The van der Waals surface area contributed by atoms with Gasteiger partial charge >= 0.3 is 5.97 Å². The molecule has 1 aromatic heterocycles. The van der Waals surface area contributed by atoms with Gasteiger partial charge in [0, 0.05) is 24.1 Å². The number of aliphatic imine (C=N–C) groups is 1. The fraction of sp³-hybridized carbons (Fsp3) is 0.192. The van der Waals surface area contributed by atoms with Crippen molar-refractivity contribution in [3.8, 4) is 5.69 Å². The van der Waals surface area contributed by atoms with E-state index >= 15 is 0 Å². The molecule has 7 heteroatoms. The number of aryl methyl sites for hydroxylation is 2. The normalized spacial score (nSPS) is 16.2. The van der Waals surface area contributed by atoms with E-state index in [-0.39, 0.29) is 5.91 Å². The number of ether oxygens (including phenoxy) is 1. The van der Waals surface area contributed by atoms with E-state index in [0.717, 1.165) is 22.6 Å². The molecule has 0 bridgehead atoms. The van der Waals surface area contributed by atoms with Gasteiger partial charge in [0.15, 0.2) is 5.17 Å². The summed E-state index contributed by atoms with van der Waals surface area (Å²) < 4.78 is 6.92. The molecule has 33 heavy (non-hydrogen) atoms. The van der Waals surface area contributed by atoms with Crippen molar-refractivity contribution < 1.29 is 14.3 Å². The molecule has 0 spiro atoms. The number of hydrogen-bond acceptors (Lipinski definition) is 5. The Morgan fingerprint density at radius 3 is 2.45 bits per heavy atom. The van der Waals surface area contributed by atoms with Crippen LogP contribution >= 0.6 is 11.8 Å². The first-order chi connectivity index (χ1) is 15.8. The van der Waals surface area contributed by atoms with Gasteiger partial charge < -0.3 is 9.30 Å². The predicted molar refractivity (Wildman–Crippen MR) is 133 cm³/mol. The minimum Gasteiger partial charge on any atom is -0.465 e. The summed E-state index contributed by atoms with van der Waals surface area (Å²) in [6.45, 7) is 6.21. The maximum atomic E-state index is 12.9. The standard InChI is InChI=1S/C26H25N3O3S/c1-16-7-6-8-22(13-16)29-17(2)14-20(18(29)3)15-23-24(30)28(4)26(33-23)27-21-11-9-19(10-12-21)25(31)32-5/h6-15H,1-5H3. The van der Waals surface area contributed by atoms with Gasteiger partial charge in [0.25, 0.3) is 5.91 Å². The molecule has 1 saturated heterocycles. The third-order valence-electron chi connectivity index (χ3n) is 5.53. The van der Waals surface area contributed by atoms with Crippen molar-refractivity contribution in [3.63, 3.8) is 0 Å². The molecular weight excluding hydrogens is 434 g/mol. The third-order valence-corrected chi connectivity index (χ3v) is 6.59. The summed E-state index contributed by atoms with van der Waals surface area (Å²) in [5.41, 5.74) is 6.59. The van der Waals surface area contributed by atoms with Crippen molar-refractivity contribution in [2.75, 3.05) is 14.2 Å². The molecule has 3 aromatic rings. The number of amidine groups is 1. The molecule has 0 unspecified atom stereocenters. The fourth-order valence-corrected chi connectivity index (χ4v) is 4.77. The molecule has 4 rings (SSSR count). The van der Waals surface area contributed by atoms with Crippen LogP contribution in [0.15, 0.2) is 64.5 Å². The van der Waals surface area contributed by atoms with Crippen molar-refractivity contribution >= 4 is 40.6 Å². The van der Waals surface area contributed by atoms with E-state index < -0.39 is 5.97 Å². The van der Waals surface area contributed by atoms with Gasteiger partial charge in [-0.2, -0.15) is 0 Å². The molecule has 0 aliphatic carbocycles. The second-order valence-corrected chi connectivity index (χ2v) is 8.92. The second kappa shape index (κ2) is 9.11. The molecule has 0 N–H and O–H groups in total. The highest BCUT2D eigenvalue weighted by Gasteiger charge is 2.30. The lowest BCUT2D eigenvalue weighted by Gasteiger charge is -2.10. The molecular formula is C26H25N3O3S. The van der Waals surface area contributed by atoms with Crippen LogP contribution in [-0.4, -0.2) is 40.7 Å². The van der Waals surface area contributed by atoms with E-state index in [2.05, 4.69) is 54.6 Å². The zero-order chi connectivity index (χ0) is 23.7. The predicted octanol–water partition coefficient (Wildman–Crippen LogP) is 5.42. The van der Waals surface area contributed by atoms with Gasteiger partial charge in [0.05, 0.1) is 23.3 Å². The Morgan fingerprint density at radius 2 is 1.79 bits per heavy atom. The Morgan fingerprint density at radius 1 is 1.06 bits per heavy atom. The van der Waals surface area contributed by atoms with Gasteiger partial charge in [0.2, 0.25) is 0 Å². The smallest absolute Gasteiger partial charge is 0.337 e. The highest BCUT2D eigenvalue weighted by atomic mass is 32.2. The van der Waals surface area contributed by atoms with E-state index in [0.29, 0.717) is 21.3 Å². The average molecular weight is 460 g/mol. The van der Waals surface area contributed by atoms with Crippen LogP contribution in [0.2, 0.25) is 0 Å². The van der Waals surface area contributed by atoms with Crippen LogP contribution in [-0.2, 0) is 9.53 Å². The van der Waals surface area contributed by atoms with Crippen LogP contribution in [0.1, 0.15) is 32.9 Å². The first kappa shape index (κ1) is 22.6. The lowest BCUT2D eigenvalue weighted by atomic mass is 10.2. The van der Waals surface area contributed by atoms with Crippen LogP contribution in [0, 0.1) is 20.8 Å². The molecule has 6 nitrogen and oxygen atoms in total. The topological polar surface area (TPSA) is 63.9 Å². The number of esters is 1. The number of thioether (sulfide) groups is 1. The monoisotopic (exact) mass is 459 g/mol. The molecule has 1 aliphatic rings. The lowest BCUT2D eigenvalue weighted by Crippen LogP contribution is -2.23. The van der Waals surface area contributed by atoms with Crippen LogP contribution < -0.4 is 0 Å². The number of hydrogen-bond donors (Lipinski definition) is 0. The van der Waals surface area contributed by atoms with Crippen molar-refractivity contribution in [3.05, 3.63) is 87.6 Å². The molecule has 168 valence electrons. The van der Waals surface area contributed by atoms with Crippen molar-refractivity contribution in [2.24, 2.45) is 4.99 Å². The van der Waals surface area contributed by atoms with Gasteiger partial charge in [0.1, 0.15) is 0 Å². The largest absolute Gasteiger partial charge is 0.465 e. The highest BCUT2D eigenvalue weighted by molar-refractivity contribution is 8.18. The Hall–Kier alpha value is -3.58. The maximum absolute atomic E-state index is 12.9. The first-order valence-corrected chi connectivity index (χ1v) is 11.3. The van der Waals surface area contributed by atoms with E-state index in [1.807, 2.05) is 12.1 Å². The Balaban J connectivity index is 1.63. The molecule has 1 fully saturated rings. The number of nitrogens with zero attached hydrogens (tertiary/aromatic N) is 3. The number of benzene rings is 2. The number of carbonyl (C=O) groups excluding carboxylic acids is 2.